The number of benzene rings is 1. The van der Waals surface area contributed by atoms with Crippen LogP contribution >= 0.6 is 15.9 Å². The summed E-state index contributed by atoms with van der Waals surface area (Å²) in [6.45, 7) is 2.01. The minimum atomic E-state index is 1.04. The van der Waals surface area contributed by atoms with E-state index in [-0.39, 0.29) is 0 Å². The lowest BCUT2D eigenvalue weighted by Crippen LogP contribution is -1.89. The van der Waals surface area contributed by atoms with E-state index in [9.17, 15) is 0 Å². The van der Waals surface area contributed by atoms with Crippen LogP contribution in [0.15, 0.2) is 22.7 Å². The van der Waals surface area contributed by atoms with Crippen molar-refractivity contribution in [2.45, 2.75) is 6.92 Å². The molecular formula is C9H9BrN2. The van der Waals surface area contributed by atoms with Crippen LogP contribution in [0.4, 0.5) is 0 Å². The predicted molar refractivity (Wildman–Crippen MR) is 53.2 cm³/mol. The van der Waals surface area contributed by atoms with Crippen LogP contribution in [0.25, 0.3) is 11.0 Å². The van der Waals surface area contributed by atoms with E-state index in [2.05, 4.69) is 31.5 Å². The fourth-order valence-corrected chi connectivity index (χ4v) is 1.63. The summed E-state index contributed by atoms with van der Waals surface area (Å²) in [6.07, 6.45) is 0. The summed E-state index contributed by atoms with van der Waals surface area (Å²) in [5.41, 5.74) is 2.22. The van der Waals surface area contributed by atoms with Crippen molar-refractivity contribution >= 4 is 27.0 Å². The number of nitrogens with zero attached hydrogens (tertiary/aromatic N) is 2. The summed E-state index contributed by atoms with van der Waals surface area (Å²) in [5.74, 6) is 1.04. The molecule has 1 heterocycles. The average molecular weight is 225 g/mol. The van der Waals surface area contributed by atoms with Crippen LogP contribution in [0.2, 0.25) is 0 Å². The highest BCUT2D eigenvalue weighted by Crippen LogP contribution is 2.19. The molecule has 2 nitrogen and oxygen atoms in total. The van der Waals surface area contributed by atoms with Gasteiger partial charge in [0, 0.05) is 11.5 Å². The molecule has 0 N–H and O–H groups in total. The maximum atomic E-state index is 4.40. The van der Waals surface area contributed by atoms with Crippen molar-refractivity contribution in [2.75, 3.05) is 0 Å². The van der Waals surface area contributed by atoms with Gasteiger partial charge in [0.05, 0.1) is 11.0 Å². The van der Waals surface area contributed by atoms with Gasteiger partial charge in [0.15, 0.2) is 0 Å². The zero-order chi connectivity index (χ0) is 8.72. The van der Waals surface area contributed by atoms with Gasteiger partial charge in [-0.1, -0.05) is 15.9 Å². The number of aromatic nitrogens is 2. The Bertz CT molecular complexity index is 431. The van der Waals surface area contributed by atoms with Crippen molar-refractivity contribution in [3.8, 4) is 0 Å². The van der Waals surface area contributed by atoms with Crippen LogP contribution < -0.4 is 0 Å². The fraction of sp³-hybridized carbons (Fsp3) is 0.222. The molecule has 0 radical (unpaired) electrons. The number of imidazole rings is 1. The number of aryl methyl sites for hydroxylation is 2. The molecule has 0 aliphatic carbocycles. The van der Waals surface area contributed by atoms with E-state index >= 15 is 0 Å². The third kappa shape index (κ3) is 1.05. The standard InChI is InChI=1S/C9H9BrN2/c1-6-11-8-4-3-7(10)5-9(8)12(6)2/h3-5H,1-2H3. The normalized spacial score (nSPS) is 10.9. The quantitative estimate of drug-likeness (QED) is 0.673. The van der Waals surface area contributed by atoms with Crippen LogP contribution in [0.3, 0.4) is 0 Å². The smallest absolute Gasteiger partial charge is 0.106 e. The first-order valence-corrected chi connectivity index (χ1v) is 4.56. The molecule has 0 aliphatic rings. The first-order valence-electron chi connectivity index (χ1n) is 3.77. The van der Waals surface area contributed by atoms with Crippen LogP contribution in [0.1, 0.15) is 5.82 Å². The molecule has 0 atom stereocenters. The Hall–Kier alpha value is -0.830. The maximum absolute atomic E-state index is 4.40. The van der Waals surface area contributed by atoms with Crippen molar-refractivity contribution in [1.82, 2.24) is 9.55 Å². The highest BCUT2D eigenvalue weighted by molar-refractivity contribution is 9.10. The predicted octanol–water partition coefficient (Wildman–Crippen LogP) is 2.64. The van der Waals surface area contributed by atoms with Crippen LogP contribution in [0, 0.1) is 6.92 Å². The van der Waals surface area contributed by atoms with Gasteiger partial charge in [-0.25, -0.2) is 4.98 Å². The molecule has 0 fully saturated rings. The third-order valence-corrected chi connectivity index (χ3v) is 2.56. The summed E-state index contributed by atoms with van der Waals surface area (Å²) >= 11 is 3.43. The van der Waals surface area contributed by atoms with Crippen LogP contribution in [-0.4, -0.2) is 9.55 Å². The molecule has 0 saturated carbocycles. The second-order valence-corrected chi connectivity index (χ2v) is 3.77. The van der Waals surface area contributed by atoms with Gasteiger partial charge in [-0.3, -0.25) is 0 Å². The average Bonchev–Trinajstić information content (AvgIpc) is 2.31. The van der Waals surface area contributed by atoms with E-state index < -0.39 is 0 Å². The SMILES string of the molecule is Cc1nc2ccc(Br)cc2n1C. The summed E-state index contributed by atoms with van der Waals surface area (Å²) in [4.78, 5) is 4.40. The highest BCUT2D eigenvalue weighted by atomic mass is 79.9. The summed E-state index contributed by atoms with van der Waals surface area (Å²) in [5, 5.41) is 0. The van der Waals surface area contributed by atoms with Crippen molar-refractivity contribution in [1.29, 1.82) is 0 Å². The van der Waals surface area contributed by atoms with E-state index in [0.717, 1.165) is 15.8 Å². The van der Waals surface area contributed by atoms with E-state index in [1.165, 1.54) is 5.52 Å². The third-order valence-electron chi connectivity index (χ3n) is 2.07. The Morgan fingerprint density at radius 3 is 2.92 bits per heavy atom. The molecule has 2 rings (SSSR count). The Labute approximate surface area is 79.3 Å². The number of hydrogen-bond donors (Lipinski definition) is 0. The summed E-state index contributed by atoms with van der Waals surface area (Å²) < 4.78 is 3.18. The largest absolute Gasteiger partial charge is 0.331 e. The number of rotatable bonds is 0. The lowest BCUT2D eigenvalue weighted by Gasteiger charge is -1.95. The Morgan fingerprint density at radius 2 is 2.17 bits per heavy atom. The zero-order valence-electron chi connectivity index (χ0n) is 7.00. The summed E-state index contributed by atoms with van der Waals surface area (Å²) in [6, 6.07) is 6.11. The summed E-state index contributed by atoms with van der Waals surface area (Å²) in [7, 11) is 2.02. The van der Waals surface area contributed by atoms with Crippen molar-refractivity contribution in [2.24, 2.45) is 7.05 Å². The van der Waals surface area contributed by atoms with E-state index in [0.29, 0.717) is 0 Å². The Kier molecular flexibility index (Phi) is 1.68. The number of fused-ring (bicyclic) bond motifs is 1. The number of halogens is 1. The van der Waals surface area contributed by atoms with Crippen LogP contribution in [0.5, 0.6) is 0 Å². The Balaban J connectivity index is 2.88. The molecule has 0 unspecified atom stereocenters. The Morgan fingerprint density at radius 1 is 1.42 bits per heavy atom. The monoisotopic (exact) mass is 224 g/mol. The number of hydrogen-bond acceptors (Lipinski definition) is 1. The first kappa shape index (κ1) is 7.80. The maximum Gasteiger partial charge on any atom is 0.106 e. The van der Waals surface area contributed by atoms with E-state index in [1.807, 2.05) is 26.1 Å². The molecular weight excluding hydrogens is 216 g/mol. The van der Waals surface area contributed by atoms with Crippen molar-refractivity contribution in [3.63, 3.8) is 0 Å². The first-order chi connectivity index (χ1) is 5.68. The van der Waals surface area contributed by atoms with Gasteiger partial charge in [0.1, 0.15) is 5.82 Å². The van der Waals surface area contributed by atoms with Gasteiger partial charge >= 0.3 is 0 Å². The molecule has 0 amide bonds. The molecule has 1 aromatic heterocycles. The molecule has 2 aromatic rings. The van der Waals surface area contributed by atoms with Crippen molar-refractivity contribution < 1.29 is 0 Å². The molecule has 0 aliphatic heterocycles. The fourth-order valence-electron chi connectivity index (χ4n) is 1.28. The van der Waals surface area contributed by atoms with E-state index in [1.54, 1.807) is 0 Å². The van der Waals surface area contributed by atoms with Gasteiger partial charge in [-0.15, -0.1) is 0 Å². The van der Waals surface area contributed by atoms with Gasteiger partial charge < -0.3 is 4.57 Å². The lowest BCUT2D eigenvalue weighted by molar-refractivity contribution is 0.886. The molecule has 12 heavy (non-hydrogen) atoms. The van der Waals surface area contributed by atoms with Crippen molar-refractivity contribution in [3.05, 3.63) is 28.5 Å². The van der Waals surface area contributed by atoms with Gasteiger partial charge in [-0.05, 0) is 25.1 Å². The van der Waals surface area contributed by atoms with Crippen LogP contribution in [-0.2, 0) is 7.05 Å². The molecule has 0 spiro atoms. The molecule has 0 bridgehead atoms. The minimum Gasteiger partial charge on any atom is -0.331 e. The topological polar surface area (TPSA) is 17.8 Å². The van der Waals surface area contributed by atoms with Gasteiger partial charge in [0.25, 0.3) is 0 Å². The molecule has 62 valence electrons. The lowest BCUT2D eigenvalue weighted by atomic mass is 10.3. The minimum absolute atomic E-state index is 1.04. The highest BCUT2D eigenvalue weighted by Gasteiger charge is 2.02. The van der Waals surface area contributed by atoms with E-state index in [4.69, 9.17) is 0 Å². The molecule has 3 heteroatoms. The van der Waals surface area contributed by atoms with Gasteiger partial charge in [-0.2, -0.15) is 0 Å². The molecule has 0 saturated heterocycles. The van der Waals surface area contributed by atoms with Gasteiger partial charge in [0.2, 0.25) is 0 Å². The second-order valence-electron chi connectivity index (χ2n) is 2.85. The second kappa shape index (κ2) is 2.59. The zero-order valence-corrected chi connectivity index (χ0v) is 8.59. The molecule has 1 aromatic carbocycles.